The van der Waals surface area contributed by atoms with Crippen LogP contribution in [0.2, 0.25) is 0 Å². The first-order chi connectivity index (χ1) is 10.2. The van der Waals surface area contributed by atoms with Crippen molar-refractivity contribution in [2.45, 2.75) is 6.54 Å². The Kier molecular flexibility index (Phi) is 4.93. The largest absolute Gasteiger partial charge is 0.465 e. The summed E-state index contributed by atoms with van der Waals surface area (Å²) in [5.41, 5.74) is 1.32. The van der Waals surface area contributed by atoms with E-state index in [0.717, 1.165) is 5.56 Å². The summed E-state index contributed by atoms with van der Waals surface area (Å²) in [6, 6.07) is 15.6. The average molecular weight is 285 g/mol. The van der Waals surface area contributed by atoms with E-state index >= 15 is 0 Å². The number of carbonyl (C=O) groups is 2. The minimum atomic E-state index is -0.529. The molecule has 21 heavy (non-hydrogen) atoms. The monoisotopic (exact) mass is 285 g/mol. The number of carbonyl (C=O) groups excluding carboxylic acids is 2. The van der Waals surface area contributed by atoms with Gasteiger partial charge in [0.1, 0.15) is 5.75 Å². The van der Waals surface area contributed by atoms with Gasteiger partial charge >= 0.3 is 12.1 Å². The molecule has 108 valence electrons. The van der Waals surface area contributed by atoms with E-state index in [4.69, 9.17) is 4.74 Å². The lowest BCUT2D eigenvalue weighted by atomic mass is 10.1. The lowest BCUT2D eigenvalue weighted by Gasteiger charge is -2.07. The molecule has 0 saturated carbocycles. The van der Waals surface area contributed by atoms with Crippen LogP contribution < -0.4 is 10.1 Å². The Bertz CT molecular complexity index is 608. The Labute approximate surface area is 122 Å². The Morgan fingerprint density at radius 1 is 1.00 bits per heavy atom. The van der Waals surface area contributed by atoms with Crippen molar-refractivity contribution in [2.75, 3.05) is 7.11 Å². The second kappa shape index (κ2) is 7.09. The van der Waals surface area contributed by atoms with E-state index in [-0.39, 0.29) is 0 Å². The molecule has 0 spiro atoms. The van der Waals surface area contributed by atoms with Crippen molar-refractivity contribution >= 4 is 12.1 Å². The van der Waals surface area contributed by atoms with Crippen LogP contribution in [0.4, 0.5) is 4.79 Å². The van der Waals surface area contributed by atoms with Gasteiger partial charge in [0, 0.05) is 6.54 Å². The molecule has 0 aliphatic rings. The van der Waals surface area contributed by atoms with Gasteiger partial charge in [-0.2, -0.15) is 0 Å². The van der Waals surface area contributed by atoms with E-state index in [2.05, 4.69) is 10.1 Å². The van der Waals surface area contributed by atoms with Crippen LogP contribution in [0.25, 0.3) is 0 Å². The van der Waals surface area contributed by atoms with Gasteiger partial charge < -0.3 is 14.8 Å². The third-order valence-corrected chi connectivity index (χ3v) is 2.77. The maximum absolute atomic E-state index is 11.6. The molecule has 0 radical (unpaired) electrons. The van der Waals surface area contributed by atoms with Crippen LogP contribution in [0.3, 0.4) is 0 Å². The fourth-order valence-corrected chi connectivity index (χ4v) is 1.68. The van der Waals surface area contributed by atoms with Crippen LogP contribution in [-0.4, -0.2) is 19.2 Å². The van der Waals surface area contributed by atoms with Crippen molar-refractivity contribution in [3.8, 4) is 5.75 Å². The Balaban J connectivity index is 1.85. The fourth-order valence-electron chi connectivity index (χ4n) is 1.68. The normalized spacial score (nSPS) is 9.76. The van der Waals surface area contributed by atoms with Crippen LogP contribution in [0.1, 0.15) is 15.9 Å². The Morgan fingerprint density at radius 3 is 2.29 bits per heavy atom. The zero-order valence-corrected chi connectivity index (χ0v) is 11.5. The summed E-state index contributed by atoms with van der Waals surface area (Å²) in [6.45, 7) is 0.313. The van der Waals surface area contributed by atoms with Gasteiger partial charge in [-0.25, -0.2) is 9.59 Å². The average Bonchev–Trinajstić information content (AvgIpc) is 2.53. The highest BCUT2D eigenvalue weighted by Gasteiger charge is 2.06. The number of benzene rings is 2. The molecule has 5 nitrogen and oxygen atoms in total. The predicted molar refractivity (Wildman–Crippen MR) is 77.1 cm³/mol. The van der Waals surface area contributed by atoms with E-state index < -0.39 is 12.1 Å². The Hall–Kier alpha value is -2.82. The third-order valence-electron chi connectivity index (χ3n) is 2.77. The number of ether oxygens (including phenoxy) is 2. The van der Waals surface area contributed by atoms with E-state index in [1.54, 1.807) is 48.5 Å². The van der Waals surface area contributed by atoms with Gasteiger partial charge in [0.2, 0.25) is 0 Å². The number of methoxy groups -OCH3 is 1. The van der Waals surface area contributed by atoms with Crippen molar-refractivity contribution < 1.29 is 19.1 Å². The first-order valence-corrected chi connectivity index (χ1v) is 6.37. The fraction of sp³-hybridized carbons (Fsp3) is 0.125. The van der Waals surface area contributed by atoms with E-state index in [0.29, 0.717) is 17.9 Å². The molecule has 0 aliphatic heterocycles. The molecule has 2 aromatic carbocycles. The van der Waals surface area contributed by atoms with Crippen molar-refractivity contribution in [3.05, 3.63) is 65.7 Å². The molecule has 0 unspecified atom stereocenters. The van der Waals surface area contributed by atoms with E-state index in [1.807, 2.05) is 6.07 Å². The van der Waals surface area contributed by atoms with Crippen LogP contribution in [0, 0.1) is 0 Å². The second-order valence-electron chi connectivity index (χ2n) is 4.24. The molecule has 1 N–H and O–H groups in total. The first kappa shape index (κ1) is 14.6. The number of esters is 1. The topological polar surface area (TPSA) is 64.6 Å². The third kappa shape index (κ3) is 4.35. The first-order valence-electron chi connectivity index (χ1n) is 6.37. The highest BCUT2D eigenvalue weighted by Crippen LogP contribution is 2.09. The van der Waals surface area contributed by atoms with Crippen molar-refractivity contribution in [1.29, 1.82) is 0 Å². The number of hydrogen-bond acceptors (Lipinski definition) is 4. The molecule has 0 heterocycles. The molecule has 1 amide bonds. The summed E-state index contributed by atoms with van der Waals surface area (Å²) in [4.78, 5) is 22.9. The van der Waals surface area contributed by atoms with Gasteiger partial charge in [-0.3, -0.25) is 0 Å². The maximum Gasteiger partial charge on any atom is 0.412 e. The summed E-state index contributed by atoms with van der Waals surface area (Å²) in [7, 11) is 1.33. The highest BCUT2D eigenvalue weighted by atomic mass is 16.6. The van der Waals surface area contributed by atoms with Crippen LogP contribution in [0.5, 0.6) is 5.75 Å². The lowest BCUT2D eigenvalue weighted by Crippen LogP contribution is -2.26. The zero-order chi connectivity index (χ0) is 15.1. The summed E-state index contributed by atoms with van der Waals surface area (Å²) >= 11 is 0. The summed E-state index contributed by atoms with van der Waals surface area (Å²) in [6.07, 6.45) is -0.529. The molecule has 5 heteroatoms. The molecule has 2 rings (SSSR count). The summed E-state index contributed by atoms with van der Waals surface area (Å²) in [5.74, 6) is 0.0917. The van der Waals surface area contributed by atoms with Crippen molar-refractivity contribution in [3.63, 3.8) is 0 Å². The van der Waals surface area contributed by atoms with Gasteiger partial charge in [0.15, 0.2) is 0 Å². The molecular weight excluding hydrogens is 270 g/mol. The van der Waals surface area contributed by atoms with Gasteiger partial charge in [0.05, 0.1) is 12.7 Å². The molecule has 0 fully saturated rings. The molecule has 0 saturated heterocycles. The quantitative estimate of drug-likeness (QED) is 0.877. The van der Waals surface area contributed by atoms with Crippen molar-refractivity contribution in [2.24, 2.45) is 0 Å². The molecule has 0 aliphatic carbocycles. The molecule has 2 aromatic rings. The minimum Gasteiger partial charge on any atom is -0.465 e. The van der Waals surface area contributed by atoms with E-state index in [9.17, 15) is 9.59 Å². The summed E-state index contributed by atoms with van der Waals surface area (Å²) < 4.78 is 9.70. The highest BCUT2D eigenvalue weighted by molar-refractivity contribution is 5.89. The number of amides is 1. The Morgan fingerprint density at radius 2 is 1.67 bits per heavy atom. The SMILES string of the molecule is COC(=O)c1ccc(CNC(=O)Oc2ccccc2)cc1. The lowest BCUT2D eigenvalue weighted by molar-refractivity contribution is 0.0600. The second-order valence-corrected chi connectivity index (χ2v) is 4.24. The van der Waals surface area contributed by atoms with Crippen LogP contribution in [0.15, 0.2) is 54.6 Å². The van der Waals surface area contributed by atoms with Gasteiger partial charge in [-0.1, -0.05) is 30.3 Å². The number of para-hydroxylation sites is 1. The predicted octanol–water partition coefficient (Wildman–Crippen LogP) is 2.76. The molecule has 0 aromatic heterocycles. The van der Waals surface area contributed by atoms with E-state index in [1.165, 1.54) is 7.11 Å². The maximum atomic E-state index is 11.6. The number of rotatable bonds is 4. The van der Waals surface area contributed by atoms with Crippen LogP contribution in [-0.2, 0) is 11.3 Å². The smallest absolute Gasteiger partial charge is 0.412 e. The number of hydrogen-bond donors (Lipinski definition) is 1. The van der Waals surface area contributed by atoms with Gasteiger partial charge in [-0.15, -0.1) is 0 Å². The number of nitrogens with one attached hydrogen (secondary N) is 1. The minimum absolute atomic E-state index is 0.313. The molecule has 0 bridgehead atoms. The molecule has 0 atom stereocenters. The summed E-state index contributed by atoms with van der Waals surface area (Å²) in [5, 5.41) is 2.63. The standard InChI is InChI=1S/C16H15NO4/c1-20-15(18)13-9-7-12(8-10-13)11-17-16(19)21-14-5-3-2-4-6-14/h2-10H,11H2,1H3,(H,17,19). The molecular formula is C16H15NO4. The van der Waals surface area contributed by atoms with Crippen LogP contribution >= 0.6 is 0 Å². The van der Waals surface area contributed by atoms with Gasteiger partial charge in [0.25, 0.3) is 0 Å². The van der Waals surface area contributed by atoms with Gasteiger partial charge in [-0.05, 0) is 29.8 Å². The van der Waals surface area contributed by atoms with Crippen molar-refractivity contribution in [1.82, 2.24) is 5.32 Å². The zero-order valence-electron chi connectivity index (χ0n) is 11.5.